The molecular weight excluding hydrogens is 428 g/mol. The number of allylic oxidation sites excluding steroid dienone is 1. The molecule has 2 N–H and O–H groups in total. The molecule has 0 aliphatic carbocycles. The number of hydrogen-bond donors (Lipinski definition) is 2. The lowest BCUT2D eigenvalue weighted by molar-refractivity contribution is -0.112. The van der Waals surface area contributed by atoms with Crippen LogP contribution in [0.25, 0.3) is 0 Å². The Morgan fingerprint density at radius 1 is 1.15 bits per heavy atom. The molecule has 7 heteroatoms. The van der Waals surface area contributed by atoms with E-state index in [-0.39, 0.29) is 11.8 Å². The minimum Gasteiger partial charge on any atom is -0.496 e. The Bertz CT molecular complexity index is 881. The SMILES string of the molecule is CC1=C(C(=O)Nc2ccc(C(=O)NCc3cccc(Br)c3)cc2)SCCO1. The quantitative estimate of drug-likeness (QED) is 0.717. The molecule has 2 aromatic carbocycles. The van der Waals surface area contributed by atoms with E-state index in [2.05, 4.69) is 26.6 Å². The first-order valence-electron chi connectivity index (χ1n) is 8.43. The second-order valence-electron chi connectivity index (χ2n) is 5.93. The molecule has 1 heterocycles. The summed E-state index contributed by atoms with van der Waals surface area (Å²) in [5, 5.41) is 5.72. The maximum Gasteiger partial charge on any atom is 0.265 e. The largest absolute Gasteiger partial charge is 0.496 e. The minimum atomic E-state index is -0.191. The van der Waals surface area contributed by atoms with E-state index in [1.54, 1.807) is 31.2 Å². The molecule has 0 aromatic heterocycles. The molecule has 5 nitrogen and oxygen atoms in total. The molecular formula is C20H19BrN2O3S. The van der Waals surface area contributed by atoms with Gasteiger partial charge in [-0.15, -0.1) is 11.8 Å². The van der Waals surface area contributed by atoms with Crippen LogP contribution in [0.4, 0.5) is 5.69 Å². The van der Waals surface area contributed by atoms with Crippen molar-refractivity contribution in [1.82, 2.24) is 5.32 Å². The number of rotatable bonds is 5. The molecule has 140 valence electrons. The maximum atomic E-state index is 12.3. The first-order chi connectivity index (χ1) is 13.0. The van der Waals surface area contributed by atoms with E-state index in [4.69, 9.17) is 4.74 Å². The van der Waals surface area contributed by atoms with Crippen molar-refractivity contribution in [2.24, 2.45) is 0 Å². The van der Waals surface area contributed by atoms with Gasteiger partial charge < -0.3 is 15.4 Å². The Kier molecular flexibility index (Phi) is 6.58. The lowest BCUT2D eigenvalue weighted by atomic mass is 10.1. The van der Waals surface area contributed by atoms with Gasteiger partial charge in [-0.05, 0) is 48.9 Å². The van der Waals surface area contributed by atoms with Crippen molar-refractivity contribution in [3.63, 3.8) is 0 Å². The number of thioether (sulfide) groups is 1. The van der Waals surface area contributed by atoms with E-state index >= 15 is 0 Å². The summed E-state index contributed by atoms with van der Waals surface area (Å²) >= 11 is 4.90. The Labute approximate surface area is 170 Å². The van der Waals surface area contributed by atoms with Crippen LogP contribution in [0.3, 0.4) is 0 Å². The van der Waals surface area contributed by atoms with E-state index in [0.717, 1.165) is 15.8 Å². The first-order valence-corrected chi connectivity index (χ1v) is 10.2. The molecule has 0 saturated carbocycles. The maximum absolute atomic E-state index is 12.3. The molecule has 0 bridgehead atoms. The predicted molar refractivity (Wildman–Crippen MR) is 111 cm³/mol. The number of benzene rings is 2. The standard InChI is InChI=1S/C20H19BrN2O3S/c1-13-18(27-10-9-26-13)20(25)23-17-7-5-15(6-8-17)19(24)22-12-14-3-2-4-16(21)11-14/h2-8,11H,9-10,12H2,1H3,(H,22,24)(H,23,25). The third kappa shape index (κ3) is 5.37. The van der Waals surface area contributed by atoms with E-state index in [9.17, 15) is 9.59 Å². The lowest BCUT2D eigenvalue weighted by Crippen LogP contribution is -2.23. The van der Waals surface area contributed by atoms with Crippen LogP contribution >= 0.6 is 27.7 Å². The van der Waals surface area contributed by atoms with Gasteiger partial charge in [0.25, 0.3) is 11.8 Å². The molecule has 1 aliphatic heterocycles. The molecule has 1 aliphatic rings. The predicted octanol–water partition coefficient (Wildman–Crippen LogP) is 4.31. The number of carbonyl (C=O) groups excluding carboxylic acids is 2. The smallest absolute Gasteiger partial charge is 0.265 e. The molecule has 2 amide bonds. The number of halogens is 1. The van der Waals surface area contributed by atoms with E-state index in [1.807, 2.05) is 24.3 Å². The van der Waals surface area contributed by atoms with Gasteiger partial charge in [0.2, 0.25) is 0 Å². The summed E-state index contributed by atoms with van der Waals surface area (Å²) in [7, 11) is 0. The molecule has 0 fully saturated rings. The summed E-state index contributed by atoms with van der Waals surface area (Å²) in [6.45, 7) is 2.86. The van der Waals surface area contributed by atoms with Gasteiger partial charge in [0.1, 0.15) is 10.7 Å². The average molecular weight is 447 g/mol. The van der Waals surface area contributed by atoms with E-state index in [0.29, 0.717) is 35.1 Å². The van der Waals surface area contributed by atoms with Crippen molar-refractivity contribution >= 4 is 45.2 Å². The third-order valence-electron chi connectivity index (χ3n) is 3.92. The number of ether oxygens (including phenoxy) is 1. The zero-order valence-corrected chi connectivity index (χ0v) is 17.2. The number of carbonyl (C=O) groups is 2. The van der Waals surface area contributed by atoms with Crippen LogP contribution in [0.5, 0.6) is 0 Å². The summed E-state index contributed by atoms with van der Waals surface area (Å²) < 4.78 is 6.39. The summed E-state index contributed by atoms with van der Waals surface area (Å²) in [4.78, 5) is 25.2. The summed E-state index contributed by atoms with van der Waals surface area (Å²) in [6, 6.07) is 14.6. The molecule has 27 heavy (non-hydrogen) atoms. The number of anilines is 1. The van der Waals surface area contributed by atoms with Crippen molar-refractivity contribution in [2.45, 2.75) is 13.5 Å². The zero-order valence-electron chi connectivity index (χ0n) is 14.8. The van der Waals surface area contributed by atoms with Crippen LogP contribution in [-0.4, -0.2) is 24.2 Å². The van der Waals surface area contributed by atoms with Gasteiger partial charge in [0.15, 0.2) is 0 Å². The summed E-state index contributed by atoms with van der Waals surface area (Å²) in [5.41, 5.74) is 2.18. The van der Waals surface area contributed by atoms with Crippen LogP contribution < -0.4 is 10.6 Å². The average Bonchev–Trinajstić information content (AvgIpc) is 2.67. The summed E-state index contributed by atoms with van der Waals surface area (Å²) in [6.07, 6.45) is 0. The normalized spacial score (nSPS) is 13.7. The van der Waals surface area contributed by atoms with Gasteiger partial charge in [-0.1, -0.05) is 28.1 Å². The molecule has 3 rings (SSSR count). The fourth-order valence-corrected chi connectivity index (χ4v) is 3.82. The van der Waals surface area contributed by atoms with Gasteiger partial charge in [-0.3, -0.25) is 9.59 Å². The molecule has 0 radical (unpaired) electrons. The molecule has 0 unspecified atom stereocenters. The molecule has 0 atom stereocenters. The fraction of sp³-hybridized carbons (Fsp3) is 0.200. The van der Waals surface area contributed by atoms with Gasteiger partial charge in [0, 0.05) is 28.0 Å². The van der Waals surface area contributed by atoms with Gasteiger partial charge in [-0.25, -0.2) is 0 Å². The van der Waals surface area contributed by atoms with Crippen LogP contribution in [0.2, 0.25) is 0 Å². The number of nitrogens with one attached hydrogen (secondary N) is 2. The Balaban J connectivity index is 1.58. The molecule has 2 aromatic rings. The van der Waals surface area contributed by atoms with Crippen molar-refractivity contribution in [3.05, 3.63) is 74.8 Å². The lowest BCUT2D eigenvalue weighted by Gasteiger charge is -2.17. The van der Waals surface area contributed by atoms with Crippen molar-refractivity contribution in [3.8, 4) is 0 Å². The highest BCUT2D eigenvalue weighted by Gasteiger charge is 2.18. The highest BCUT2D eigenvalue weighted by molar-refractivity contribution is 9.10. The zero-order chi connectivity index (χ0) is 19.2. The fourth-order valence-electron chi connectivity index (χ4n) is 2.56. The Hall–Kier alpha value is -2.25. The highest BCUT2D eigenvalue weighted by Crippen LogP contribution is 2.26. The molecule has 0 spiro atoms. The number of amides is 2. The number of hydrogen-bond acceptors (Lipinski definition) is 4. The van der Waals surface area contributed by atoms with E-state index < -0.39 is 0 Å². The van der Waals surface area contributed by atoms with Crippen LogP contribution in [-0.2, 0) is 16.1 Å². The summed E-state index contributed by atoms with van der Waals surface area (Å²) in [5.74, 6) is 1.05. The van der Waals surface area contributed by atoms with Gasteiger partial charge >= 0.3 is 0 Å². The minimum absolute atomic E-state index is 0.164. The first kappa shape index (κ1) is 19.5. The van der Waals surface area contributed by atoms with Crippen LogP contribution in [0.15, 0.2) is 63.7 Å². The van der Waals surface area contributed by atoms with E-state index in [1.165, 1.54) is 11.8 Å². The Morgan fingerprint density at radius 3 is 2.63 bits per heavy atom. The van der Waals surface area contributed by atoms with Gasteiger partial charge in [0.05, 0.1) is 6.61 Å². The second kappa shape index (κ2) is 9.10. The Morgan fingerprint density at radius 2 is 1.93 bits per heavy atom. The van der Waals surface area contributed by atoms with Crippen molar-refractivity contribution < 1.29 is 14.3 Å². The molecule has 0 saturated heterocycles. The van der Waals surface area contributed by atoms with Crippen LogP contribution in [0, 0.1) is 0 Å². The topological polar surface area (TPSA) is 67.4 Å². The van der Waals surface area contributed by atoms with Crippen molar-refractivity contribution in [1.29, 1.82) is 0 Å². The monoisotopic (exact) mass is 446 g/mol. The van der Waals surface area contributed by atoms with Gasteiger partial charge in [-0.2, -0.15) is 0 Å². The second-order valence-corrected chi connectivity index (χ2v) is 7.95. The third-order valence-corrected chi connectivity index (χ3v) is 5.55. The van der Waals surface area contributed by atoms with Crippen LogP contribution in [0.1, 0.15) is 22.8 Å². The highest BCUT2D eigenvalue weighted by atomic mass is 79.9. The van der Waals surface area contributed by atoms with Crippen molar-refractivity contribution in [2.75, 3.05) is 17.7 Å².